The van der Waals surface area contributed by atoms with Crippen LogP contribution in [0.15, 0.2) is 18.2 Å². The molecule has 0 fully saturated rings. The summed E-state index contributed by atoms with van der Waals surface area (Å²) in [5, 5.41) is 0. The third-order valence-corrected chi connectivity index (χ3v) is 4.30. The predicted octanol–water partition coefficient (Wildman–Crippen LogP) is 1.50. The van der Waals surface area contributed by atoms with Crippen molar-refractivity contribution in [1.29, 1.82) is 0 Å². The highest BCUT2D eigenvalue weighted by atomic mass is 16.5. The average molecular weight is 277 g/mol. The van der Waals surface area contributed by atoms with Crippen LogP contribution in [-0.2, 0) is 6.42 Å². The summed E-state index contributed by atoms with van der Waals surface area (Å²) in [6.07, 6.45) is 2.23. The van der Waals surface area contributed by atoms with E-state index in [1.807, 2.05) is 6.07 Å². The van der Waals surface area contributed by atoms with Crippen LogP contribution in [0.3, 0.4) is 0 Å². The quantitative estimate of drug-likeness (QED) is 0.886. The highest BCUT2D eigenvalue weighted by Gasteiger charge is 2.29. The SMILES string of the molecule is COc1ccc2c(c1)C(N)C(N(C)CCN(C)C)CC2. The Morgan fingerprint density at radius 2 is 2.00 bits per heavy atom. The molecular weight excluding hydrogens is 250 g/mol. The van der Waals surface area contributed by atoms with Gasteiger partial charge in [0.25, 0.3) is 0 Å². The summed E-state index contributed by atoms with van der Waals surface area (Å²) in [7, 11) is 8.10. The van der Waals surface area contributed by atoms with Crippen molar-refractivity contribution < 1.29 is 4.74 Å². The summed E-state index contributed by atoms with van der Waals surface area (Å²) in [6, 6.07) is 6.77. The van der Waals surface area contributed by atoms with Gasteiger partial charge in [-0.1, -0.05) is 6.07 Å². The van der Waals surface area contributed by atoms with Crippen LogP contribution in [0, 0.1) is 0 Å². The van der Waals surface area contributed by atoms with Crippen molar-refractivity contribution in [1.82, 2.24) is 9.80 Å². The molecule has 1 aliphatic rings. The molecule has 112 valence electrons. The van der Waals surface area contributed by atoms with Gasteiger partial charge >= 0.3 is 0 Å². The van der Waals surface area contributed by atoms with Crippen LogP contribution in [0.25, 0.3) is 0 Å². The zero-order valence-electron chi connectivity index (χ0n) is 13.1. The standard InChI is InChI=1S/C16H27N3O/c1-18(2)9-10-19(3)15-8-6-12-5-7-13(20-4)11-14(12)16(15)17/h5,7,11,15-16H,6,8-10,17H2,1-4H3. The van der Waals surface area contributed by atoms with Gasteiger partial charge < -0.3 is 20.3 Å². The largest absolute Gasteiger partial charge is 0.497 e. The summed E-state index contributed by atoms with van der Waals surface area (Å²) >= 11 is 0. The maximum absolute atomic E-state index is 6.51. The minimum absolute atomic E-state index is 0.0704. The summed E-state index contributed by atoms with van der Waals surface area (Å²) in [4.78, 5) is 4.61. The van der Waals surface area contributed by atoms with Crippen molar-refractivity contribution in [2.75, 3.05) is 41.3 Å². The lowest BCUT2D eigenvalue weighted by Crippen LogP contribution is -2.45. The molecule has 1 aromatic carbocycles. The number of methoxy groups -OCH3 is 1. The van der Waals surface area contributed by atoms with E-state index in [0.717, 1.165) is 31.7 Å². The van der Waals surface area contributed by atoms with Crippen LogP contribution in [0.4, 0.5) is 0 Å². The number of hydrogen-bond donors (Lipinski definition) is 1. The van der Waals surface area contributed by atoms with E-state index in [1.54, 1.807) is 7.11 Å². The van der Waals surface area contributed by atoms with Crippen LogP contribution in [0.1, 0.15) is 23.6 Å². The normalized spacial score (nSPS) is 22.1. The number of benzene rings is 1. The van der Waals surface area contributed by atoms with Crippen LogP contribution in [0.2, 0.25) is 0 Å². The maximum Gasteiger partial charge on any atom is 0.119 e. The first-order chi connectivity index (χ1) is 9.52. The van der Waals surface area contributed by atoms with Gasteiger partial charge in [0.15, 0.2) is 0 Å². The Labute approximate surface area is 122 Å². The average Bonchev–Trinajstić information content (AvgIpc) is 2.45. The Balaban J connectivity index is 2.11. The van der Waals surface area contributed by atoms with Gasteiger partial charge in [-0.2, -0.15) is 0 Å². The fourth-order valence-electron chi connectivity index (χ4n) is 2.95. The number of aryl methyl sites for hydroxylation is 1. The second kappa shape index (κ2) is 6.57. The minimum Gasteiger partial charge on any atom is -0.497 e. The first kappa shape index (κ1) is 15.3. The zero-order chi connectivity index (χ0) is 14.7. The molecule has 0 spiro atoms. The summed E-state index contributed by atoms with van der Waals surface area (Å²) in [5.74, 6) is 0.899. The molecule has 0 aromatic heterocycles. The van der Waals surface area contributed by atoms with E-state index in [2.05, 4.69) is 43.1 Å². The van der Waals surface area contributed by atoms with E-state index in [4.69, 9.17) is 10.5 Å². The monoisotopic (exact) mass is 277 g/mol. The lowest BCUT2D eigenvalue weighted by atomic mass is 9.83. The number of nitrogens with zero attached hydrogens (tertiary/aromatic N) is 2. The first-order valence-corrected chi connectivity index (χ1v) is 7.30. The molecule has 0 aliphatic heterocycles. The number of likely N-dealkylation sites (N-methyl/N-ethyl adjacent to an activating group) is 2. The van der Waals surface area contributed by atoms with E-state index >= 15 is 0 Å². The Morgan fingerprint density at radius 3 is 2.65 bits per heavy atom. The highest BCUT2D eigenvalue weighted by Crippen LogP contribution is 2.33. The number of rotatable bonds is 5. The van der Waals surface area contributed by atoms with Gasteiger partial charge in [0, 0.05) is 25.2 Å². The molecule has 2 rings (SSSR count). The summed E-state index contributed by atoms with van der Waals surface area (Å²) < 4.78 is 5.33. The molecule has 2 unspecified atom stereocenters. The van der Waals surface area contributed by atoms with Crippen LogP contribution in [0.5, 0.6) is 5.75 Å². The molecule has 4 heteroatoms. The van der Waals surface area contributed by atoms with Gasteiger partial charge in [-0.05, 0) is 57.2 Å². The molecule has 0 saturated carbocycles. The third kappa shape index (κ3) is 3.32. The highest BCUT2D eigenvalue weighted by molar-refractivity contribution is 5.40. The number of hydrogen-bond acceptors (Lipinski definition) is 4. The van der Waals surface area contributed by atoms with Gasteiger partial charge in [0.05, 0.1) is 7.11 Å². The zero-order valence-corrected chi connectivity index (χ0v) is 13.1. The van der Waals surface area contributed by atoms with Crippen molar-refractivity contribution in [3.05, 3.63) is 29.3 Å². The molecule has 0 saturated heterocycles. The van der Waals surface area contributed by atoms with Crippen molar-refractivity contribution in [3.8, 4) is 5.75 Å². The Hall–Kier alpha value is -1.10. The van der Waals surface area contributed by atoms with Crippen molar-refractivity contribution in [2.24, 2.45) is 5.73 Å². The van der Waals surface area contributed by atoms with Gasteiger partial charge in [-0.15, -0.1) is 0 Å². The van der Waals surface area contributed by atoms with E-state index in [-0.39, 0.29) is 6.04 Å². The molecule has 0 amide bonds. The van der Waals surface area contributed by atoms with E-state index in [0.29, 0.717) is 6.04 Å². The van der Waals surface area contributed by atoms with E-state index in [1.165, 1.54) is 11.1 Å². The van der Waals surface area contributed by atoms with Crippen molar-refractivity contribution in [2.45, 2.75) is 24.9 Å². The topological polar surface area (TPSA) is 41.7 Å². The van der Waals surface area contributed by atoms with Gasteiger partial charge in [0.2, 0.25) is 0 Å². The molecule has 20 heavy (non-hydrogen) atoms. The lowest BCUT2D eigenvalue weighted by Gasteiger charge is -2.38. The minimum atomic E-state index is 0.0704. The van der Waals surface area contributed by atoms with Gasteiger partial charge in [-0.25, -0.2) is 0 Å². The molecular formula is C16H27N3O. The van der Waals surface area contributed by atoms with Crippen molar-refractivity contribution >= 4 is 0 Å². The lowest BCUT2D eigenvalue weighted by molar-refractivity contribution is 0.176. The molecule has 0 bridgehead atoms. The Morgan fingerprint density at radius 1 is 1.25 bits per heavy atom. The molecule has 0 radical (unpaired) electrons. The maximum atomic E-state index is 6.51. The Bertz CT molecular complexity index is 447. The fraction of sp³-hybridized carbons (Fsp3) is 0.625. The van der Waals surface area contributed by atoms with Crippen LogP contribution >= 0.6 is 0 Å². The molecule has 2 atom stereocenters. The number of ether oxygens (including phenoxy) is 1. The van der Waals surface area contributed by atoms with Gasteiger partial charge in [0.1, 0.15) is 5.75 Å². The summed E-state index contributed by atoms with van der Waals surface area (Å²) in [5.41, 5.74) is 9.13. The van der Waals surface area contributed by atoms with Crippen LogP contribution < -0.4 is 10.5 Å². The molecule has 1 aliphatic carbocycles. The molecule has 0 heterocycles. The second-order valence-corrected chi connectivity index (χ2v) is 5.98. The molecule has 2 N–H and O–H groups in total. The van der Waals surface area contributed by atoms with E-state index < -0.39 is 0 Å². The fourth-order valence-corrected chi connectivity index (χ4v) is 2.95. The summed E-state index contributed by atoms with van der Waals surface area (Å²) in [6.45, 7) is 2.11. The number of nitrogens with two attached hydrogens (primary N) is 1. The van der Waals surface area contributed by atoms with E-state index in [9.17, 15) is 0 Å². The molecule has 1 aromatic rings. The Kier molecular flexibility index (Phi) is 5.02. The predicted molar refractivity (Wildman–Crippen MR) is 83.2 cm³/mol. The smallest absolute Gasteiger partial charge is 0.119 e. The first-order valence-electron chi connectivity index (χ1n) is 7.30. The second-order valence-electron chi connectivity index (χ2n) is 5.98. The van der Waals surface area contributed by atoms with Crippen molar-refractivity contribution in [3.63, 3.8) is 0 Å². The van der Waals surface area contributed by atoms with Crippen LogP contribution in [-0.4, -0.2) is 57.2 Å². The third-order valence-electron chi connectivity index (χ3n) is 4.30. The van der Waals surface area contributed by atoms with Gasteiger partial charge in [-0.3, -0.25) is 0 Å². The number of fused-ring (bicyclic) bond motifs is 1. The molecule has 4 nitrogen and oxygen atoms in total.